The van der Waals surface area contributed by atoms with Crippen LogP contribution in [0.4, 0.5) is 8.78 Å². The summed E-state index contributed by atoms with van der Waals surface area (Å²) in [5.41, 5.74) is 5.15. The molecule has 0 aromatic heterocycles. The molecule has 0 aliphatic rings. The van der Waals surface area contributed by atoms with Gasteiger partial charge in [-0.3, -0.25) is 0 Å². The second-order valence-electron chi connectivity index (χ2n) is 6.74. The maximum Gasteiger partial charge on any atom is 0.133 e. The van der Waals surface area contributed by atoms with E-state index in [0.717, 1.165) is 30.9 Å². The molecule has 0 aliphatic carbocycles. The van der Waals surface area contributed by atoms with Crippen molar-refractivity contribution in [1.29, 1.82) is 0 Å². The summed E-state index contributed by atoms with van der Waals surface area (Å²) in [6.07, 6.45) is 5.54. The van der Waals surface area contributed by atoms with E-state index in [4.69, 9.17) is 0 Å². The molecule has 0 aliphatic heterocycles. The monoisotopic (exact) mass is 350 g/mol. The van der Waals surface area contributed by atoms with Crippen LogP contribution in [0.25, 0.3) is 11.1 Å². The molecule has 3 aromatic carbocycles. The van der Waals surface area contributed by atoms with E-state index in [1.807, 2.05) is 24.3 Å². The molecular weight excluding hydrogens is 326 g/mol. The van der Waals surface area contributed by atoms with E-state index in [-0.39, 0.29) is 0 Å². The number of aryl methyl sites for hydroxylation is 3. The van der Waals surface area contributed by atoms with Gasteiger partial charge in [-0.2, -0.15) is 0 Å². The van der Waals surface area contributed by atoms with Crippen LogP contribution in [0.3, 0.4) is 0 Å². The summed E-state index contributed by atoms with van der Waals surface area (Å²) >= 11 is 0. The number of halogens is 2. The van der Waals surface area contributed by atoms with Gasteiger partial charge in [0.05, 0.1) is 0 Å². The molecule has 0 heterocycles. The van der Waals surface area contributed by atoms with Crippen molar-refractivity contribution in [2.75, 3.05) is 0 Å². The molecule has 3 aromatic rings. The van der Waals surface area contributed by atoms with Crippen molar-refractivity contribution in [3.05, 3.63) is 95.1 Å². The first-order valence-electron chi connectivity index (χ1n) is 9.28. The van der Waals surface area contributed by atoms with Crippen LogP contribution in [0, 0.1) is 11.6 Å². The number of benzene rings is 3. The topological polar surface area (TPSA) is 0 Å². The van der Waals surface area contributed by atoms with Crippen molar-refractivity contribution >= 4 is 0 Å². The summed E-state index contributed by atoms with van der Waals surface area (Å²) in [7, 11) is 0. The van der Waals surface area contributed by atoms with Gasteiger partial charge in [0.1, 0.15) is 11.6 Å². The van der Waals surface area contributed by atoms with Crippen LogP contribution in [0.1, 0.15) is 36.5 Å². The van der Waals surface area contributed by atoms with Gasteiger partial charge < -0.3 is 0 Å². The molecule has 0 radical (unpaired) electrons. The normalized spacial score (nSPS) is 10.9. The summed E-state index contributed by atoms with van der Waals surface area (Å²) in [6, 6.07) is 20.4. The Morgan fingerprint density at radius 1 is 0.654 bits per heavy atom. The minimum absolute atomic E-state index is 0.431. The maximum atomic E-state index is 13.9. The Morgan fingerprint density at radius 3 is 1.73 bits per heavy atom. The molecule has 0 bridgehead atoms. The fourth-order valence-electron chi connectivity index (χ4n) is 3.12. The van der Waals surface area contributed by atoms with Crippen LogP contribution in [0.5, 0.6) is 0 Å². The van der Waals surface area contributed by atoms with Gasteiger partial charge in [-0.15, -0.1) is 0 Å². The molecule has 2 heteroatoms. The fraction of sp³-hybridized carbons (Fsp3) is 0.250. The molecular formula is C24H24F2. The maximum absolute atomic E-state index is 13.9. The molecule has 3 rings (SSSR count). The van der Waals surface area contributed by atoms with Crippen LogP contribution < -0.4 is 0 Å². The van der Waals surface area contributed by atoms with Crippen molar-refractivity contribution in [2.45, 2.75) is 39.0 Å². The number of unbranched alkanes of at least 4 members (excludes halogenated alkanes) is 1. The Kier molecular flexibility index (Phi) is 6.17. The fourth-order valence-corrected chi connectivity index (χ4v) is 3.12. The first-order valence-corrected chi connectivity index (χ1v) is 9.28. The van der Waals surface area contributed by atoms with Crippen molar-refractivity contribution in [2.24, 2.45) is 0 Å². The molecule has 26 heavy (non-hydrogen) atoms. The Bertz CT molecular complexity index is 833. The second-order valence-corrected chi connectivity index (χ2v) is 6.74. The van der Waals surface area contributed by atoms with Gasteiger partial charge in [0.25, 0.3) is 0 Å². The largest absolute Gasteiger partial charge is 0.207 e. The molecule has 0 amide bonds. The zero-order valence-electron chi connectivity index (χ0n) is 15.1. The molecule has 0 unspecified atom stereocenters. The molecule has 0 N–H and O–H groups in total. The average molecular weight is 350 g/mol. The molecule has 0 nitrogen and oxygen atoms in total. The van der Waals surface area contributed by atoms with E-state index in [1.165, 1.54) is 41.7 Å². The Balaban J connectivity index is 1.61. The summed E-state index contributed by atoms with van der Waals surface area (Å²) in [5, 5.41) is 0. The predicted molar refractivity (Wildman–Crippen MR) is 104 cm³/mol. The summed E-state index contributed by atoms with van der Waals surface area (Å²) < 4.78 is 26.9. The highest BCUT2D eigenvalue weighted by Gasteiger charge is 2.06. The molecule has 0 saturated heterocycles. The number of rotatable bonds is 7. The van der Waals surface area contributed by atoms with Crippen LogP contribution in [-0.4, -0.2) is 0 Å². The van der Waals surface area contributed by atoms with Crippen LogP contribution >= 0.6 is 0 Å². The predicted octanol–water partition coefficient (Wildman–Crippen LogP) is 6.76. The average Bonchev–Trinajstić information content (AvgIpc) is 2.66. The van der Waals surface area contributed by atoms with Crippen molar-refractivity contribution in [1.82, 2.24) is 0 Å². The Morgan fingerprint density at radius 2 is 1.19 bits per heavy atom. The van der Waals surface area contributed by atoms with E-state index in [9.17, 15) is 8.78 Å². The van der Waals surface area contributed by atoms with Crippen LogP contribution in [0.2, 0.25) is 0 Å². The third-order valence-corrected chi connectivity index (χ3v) is 4.74. The van der Waals surface area contributed by atoms with Crippen molar-refractivity contribution < 1.29 is 8.78 Å². The van der Waals surface area contributed by atoms with Gasteiger partial charge in [0.2, 0.25) is 0 Å². The van der Waals surface area contributed by atoms with Crippen molar-refractivity contribution in [3.63, 3.8) is 0 Å². The minimum Gasteiger partial charge on any atom is -0.207 e. The summed E-state index contributed by atoms with van der Waals surface area (Å²) in [6.45, 7) is 2.21. The van der Waals surface area contributed by atoms with Crippen LogP contribution in [-0.2, 0) is 19.3 Å². The molecule has 0 saturated carbocycles. The molecule has 0 atom stereocenters. The number of hydrogen-bond donors (Lipinski definition) is 0. The third-order valence-electron chi connectivity index (χ3n) is 4.74. The highest BCUT2D eigenvalue weighted by molar-refractivity contribution is 5.64. The van der Waals surface area contributed by atoms with Gasteiger partial charge in [-0.25, -0.2) is 8.78 Å². The zero-order chi connectivity index (χ0) is 18.4. The third kappa shape index (κ3) is 4.78. The van der Waals surface area contributed by atoms with E-state index in [1.54, 1.807) is 0 Å². The molecule has 134 valence electrons. The zero-order valence-corrected chi connectivity index (χ0v) is 15.1. The second kappa shape index (κ2) is 8.75. The first kappa shape index (κ1) is 18.3. The van der Waals surface area contributed by atoms with Crippen molar-refractivity contribution in [3.8, 4) is 11.1 Å². The lowest BCUT2D eigenvalue weighted by Gasteiger charge is -2.07. The Hall–Kier alpha value is -2.48. The van der Waals surface area contributed by atoms with Gasteiger partial charge in [0, 0.05) is 11.6 Å². The standard InChI is InChI=1S/C24H24F2/c1-2-3-4-18-5-7-19(8-6-18)9-10-20-11-13-21(14-12-20)23-16-15-22(25)17-24(23)26/h5-8,11-17H,2-4,9-10H2,1H3. The molecule has 0 spiro atoms. The Labute approximate surface area is 154 Å². The number of hydrogen-bond acceptors (Lipinski definition) is 0. The van der Waals surface area contributed by atoms with E-state index in [0.29, 0.717) is 5.56 Å². The minimum atomic E-state index is -0.552. The SMILES string of the molecule is CCCCc1ccc(CCc2ccc(-c3ccc(F)cc3F)cc2)cc1. The van der Waals surface area contributed by atoms with Gasteiger partial charge in [-0.05, 0) is 60.1 Å². The van der Waals surface area contributed by atoms with E-state index in [2.05, 4.69) is 31.2 Å². The highest BCUT2D eigenvalue weighted by atomic mass is 19.1. The van der Waals surface area contributed by atoms with E-state index < -0.39 is 11.6 Å². The highest BCUT2D eigenvalue weighted by Crippen LogP contribution is 2.24. The van der Waals surface area contributed by atoms with Gasteiger partial charge in [0.15, 0.2) is 0 Å². The summed E-state index contributed by atoms with van der Waals surface area (Å²) in [5.74, 6) is -1.08. The first-order chi connectivity index (χ1) is 12.7. The lowest BCUT2D eigenvalue weighted by Crippen LogP contribution is -1.93. The molecule has 0 fully saturated rings. The smallest absolute Gasteiger partial charge is 0.133 e. The lowest BCUT2D eigenvalue weighted by molar-refractivity contribution is 0.585. The summed E-state index contributed by atoms with van der Waals surface area (Å²) in [4.78, 5) is 0. The quantitative estimate of drug-likeness (QED) is 0.441. The van der Waals surface area contributed by atoms with E-state index >= 15 is 0 Å². The van der Waals surface area contributed by atoms with Gasteiger partial charge >= 0.3 is 0 Å². The van der Waals surface area contributed by atoms with Gasteiger partial charge in [-0.1, -0.05) is 61.9 Å². The lowest BCUT2D eigenvalue weighted by atomic mass is 9.99. The van der Waals surface area contributed by atoms with Crippen LogP contribution in [0.15, 0.2) is 66.7 Å².